The van der Waals surface area contributed by atoms with Gasteiger partial charge in [-0.3, -0.25) is 9.78 Å². The second-order valence-electron chi connectivity index (χ2n) is 8.14. The van der Waals surface area contributed by atoms with Crippen LogP contribution >= 0.6 is 0 Å². The van der Waals surface area contributed by atoms with Gasteiger partial charge in [0.05, 0.1) is 0 Å². The summed E-state index contributed by atoms with van der Waals surface area (Å²) >= 11 is 0. The van der Waals surface area contributed by atoms with Crippen LogP contribution in [0.4, 0.5) is 5.95 Å². The van der Waals surface area contributed by atoms with Crippen LogP contribution in [0.2, 0.25) is 0 Å². The molecule has 124 valence electrons. The molecule has 0 aromatic carbocycles. The van der Waals surface area contributed by atoms with E-state index in [1.165, 1.54) is 38.5 Å². The van der Waals surface area contributed by atoms with Crippen molar-refractivity contribution < 1.29 is 0 Å². The second-order valence-corrected chi connectivity index (χ2v) is 8.14. The van der Waals surface area contributed by atoms with E-state index in [-0.39, 0.29) is 5.56 Å². The number of anilines is 1. The molecule has 1 heterocycles. The van der Waals surface area contributed by atoms with Gasteiger partial charge in [0.1, 0.15) is 5.69 Å². The highest BCUT2D eigenvalue weighted by molar-refractivity contribution is 5.83. The zero-order chi connectivity index (χ0) is 16.0. The van der Waals surface area contributed by atoms with E-state index in [2.05, 4.69) is 32.6 Å². The summed E-state index contributed by atoms with van der Waals surface area (Å²) in [4.78, 5) is 14.2. The molecule has 4 bridgehead atoms. The van der Waals surface area contributed by atoms with Crippen LogP contribution in [0.5, 0.6) is 0 Å². The number of hydrogen-bond acceptors (Lipinski definition) is 5. The van der Waals surface area contributed by atoms with Crippen LogP contribution in [0.25, 0.3) is 0 Å². The van der Waals surface area contributed by atoms with Crippen LogP contribution in [0.3, 0.4) is 0 Å². The van der Waals surface area contributed by atoms with Gasteiger partial charge in [0, 0.05) is 5.71 Å². The molecule has 0 aliphatic heterocycles. The summed E-state index contributed by atoms with van der Waals surface area (Å²) in [5, 5.41) is 12.2. The molecule has 0 amide bonds. The maximum atomic E-state index is 11.5. The summed E-state index contributed by atoms with van der Waals surface area (Å²) in [6, 6.07) is 0. The van der Waals surface area contributed by atoms with Crippen LogP contribution in [-0.2, 0) is 0 Å². The number of rotatable bonds is 4. The van der Waals surface area contributed by atoms with E-state index in [0.717, 1.165) is 29.9 Å². The molecule has 4 aliphatic carbocycles. The van der Waals surface area contributed by atoms with Gasteiger partial charge in [-0.1, -0.05) is 0 Å². The molecule has 1 aromatic rings. The lowest BCUT2D eigenvalue weighted by Crippen LogP contribution is -2.46. The van der Waals surface area contributed by atoms with Crippen molar-refractivity contribution in [1.82, 2.24) is 15.2 Å². The first-order valence-corrected chi connectivity index (χ1v) is 8.74. The number of aryl methyl sites for hydroxylation is 1. The third-order valence-electron chi connectivity index (χ3n) is 6.01. The minimum Gasteiger partial charge on any atom is -0.288 e. The Balaban J connectivity index is 1.44. The van der Waals surface area contributed by atoms with Gasteiger partial charge in [-0.15, -0.1) is 10.2 Å². The molecule has 4 aliphatic rings. The van der Waals surface area contributed by atoms with Gasteiger partial charge in [0.25, 0.3) is 5.56 Å². The third kappa shape index (κ3) is 2.91. The van der Waals surface area contributed by atoms with Crippen LogP contribution in [0, 0.1) is 30.1 Å². The van der Waals surface area contributed by atoms with Crippen LogP contribution in [-0.4, -0.2) is 20.9 Å². The average Bonchev–Trinajstić information content (AvgIpc) is 2.46. The van der Waals surface area contributed by atoms with Gasteiger partial charge in [-0.25, -0.2) is 5.43 Å². The Labute approximate surface area is 136 Å². The van der Waals surface area contributed by atoms with E-state index in [1.54, 1.807) is 6.92 Å². The minimum absolute atomic E-state index is 0.226. The van der Waals surface area contributed by atoms with Gasteiger partial charge in [-0.05, 0) is 82.0 Å². The van der Waals surface area contributed by atoms with E-state index < -0.39 is 0 Å². The first-order valence-electron chi connectivity index (χ1n) is 8.74. The molecular weight excluding hydrogens is 290 g/mol. The molecule has 5 rings (SSSR count). The fourth-order valence-corrected chi connectivity index (χ4v) is 5.68. The predicted molar refractivity (Wildman–Crippen MR) is 89.3 cm³/mol. The molecule has 0 saturated heterocycles. The Morgan fingerprint density at radius 1 is 1.22 bits per heavy atom. The fourth-order valence-electron chi connectivity index (χ4n) is 5.68. The van der Waals surface area contributed by atoms with Crippen molar-refractivity contribution in [3.63, 3.8) is 0 Å². The number of nitrogens with one attached hydrogen (secondary N) is 2. The zero-order valence-corrected chi connectivity index (χ0v) is 13.9. The predicted octanol–water partition coefficient (Wildman–Crippen LogP) is 2.87. The lowest BCUT2D eigenvalue weighted by molar-refractivity contribution is -0.0482. The topological polar surface area (TPSA) is 83.0 Å². The standard InChI is InChI=1S/C17H25N5O/c1-10(19-21-16-18-15(23)11(2)20-22-16)6-17-7-12-3-13(8-17)5-14(4-12)9-17/h12-14H,3-9H2,1-2H3,(H2,18,21,22,23)/b19-10-. The first kappa shape index (κ1) is 14.8. The van der Waals surface area contributed by atoms with Gasteiger partial charge >= 0.3 is 0 Å². The lowest BCUT2D eigenvalue weighted by atomic mass is 9.48. The summed E-state index contributed by atoms with van der Waals surface area (Å²) in [6.07, 6.45) is 9.61. The molecule has 0 unspecified atom stereocenters. The van der Waals surface area contributed by atoms with Crippen LogP contribution < -0.4 is 11.0 Å². The number of hydrogen-bond donors (Lipinski definition) is 2. The molecular formula is C17H25N5O. The Morgan fingerprint density at radius 3 is 2.39 bits per heavy atom. The Hall–Kier alpha value is -1.72. The number of aromatic nitrogens is 3. The molecule has 1 aromatic heterocycles. The number of aromatic amines is 1. The summed E-state index contributed by atoms with van der Waals surface area (Å²) < 4.78 is 0. The van der Waals surface area contributed by atoms with E-state index in [9.17, 15) is 4.79 Å². The number of hydrazone groups is 1. The molecule has 4 saturated carbocycles. The number of H-pyrrole nitrogens is 1. The normalized spacial score (nSPS) is 35.6. The molecule has 6 nitrogen and oxygen atoms in total. The SMILES string of the molecule is C/C(CC12CC3CC(CC(C3)C1)C2)=N/Nc1nnc(C)c(=O)[nH]1. The lowest BCUT2D eigenvalue weighted by Gasteiger charge is -2.57. The highest BCUT2D eigenvalue weighted by atomic mass is 16.1. The second kappa shape index (κ2) is 5.42. The van der Waals surface area contributed by atoms with Gasteiger partial charge in [0.15, 0.2) is 0 Å². The summed E-state index contributed by atoms with van der Waals surface area (Å²) in [5.74, 6) is 3.19. The summed E-state index contributed by atoms with van der Waals surface area (Å²) in [5.41, 5.74) is 4.57. The van der Waals surface area contributed by atoms with E-state index in [1.807, 2.05) is 0 Å². The Morgan fingerprint density at radius 2 is 1.83 bits per heavy atom. The van der Waals surface area contributed by atoms with Gasteiger partial charge in [0.2, 0.25) is 5.95 Å². The molecule has 0 spiro atoms. The molecule has 4 fully saturated rings. The van der Waals surface area contributed by atoms with E-state index in [4.69, 9.17) is 0 Å². The van der Waals surface area contributed by atoms with Gasteiger partial charge < -0.3 is 0 Å². The summed E-state index contributed by atoms with van der Waals surface area (Å²) in [7, 11) is 0. The van der Waals surface area contributed by atoms with Crippen LogP contribution in [0.15, 0.2) is 9.90 Å². The highest BCUT2D eigenvalue weighted by Crippen LogP contribution is 2.61. The van der Waals surface area contributed by atoms with Crippen LogP contribution in [0.1, 0.15) is 57.6 Å². The largest absolute Gasteiger partial charge is 0.288 e. The molecule has 2 N–H and O–H groups in total. The Bertz CT molecular complexity index is 657. The Kier molecular flexibility index (Phi) is 3.50. The average molecular weight is 315 g/mol. The minimum atomic E-state index is -0.226. The first-order chi connectivity index (χ1) is 11.0. The fraction of sp³-hybridized carbons (Fsp3) is 0.765. The molecule has 23 heavy (non-hydrogen) atoms. The van der Waals surface area contributed by atoms with Crippen molar-refractivity contribution in [3.8, 4) is 0 Å². The maximum Gasteiger partial charge on any atom is 0.274 e. The van der Waals surface area contributed by atoms with E-state index >= 15 is 0 Å². The zero-order valence-electron chi connectivity index (χ0n) is 13.9. The van der Waals surface area contributed by atoms with Crippen molar-refractivity contribution in [2.75, 3.05) is 5.43 Å². The molecule has 0 radical (unpaired) electrons. The van der Waals surface area contributed by atoms with E-state index in [0.29, 0.717) is 17.1 Å². The van der Waals surface area contributed by atoms with Crippen molar-refractivity contribution in [1.29, 1.82) is 0 Å². The third-order valence-corrected chi connectivity index (χ3v) is 6.01. The monoisotopic (exact) mass is 315 g/mol. The van der Waals surface area contributed by atoms with Crippen molar-refractivity contribution in [2.24, 2.45) is 28.3 Å². The molecule has 0 atom stereocenters. The maximum absolute atomic E-state index is 11.5. The van der Waals surface area contributed by atoms with Crippen molar-refractivity contribution in [2.45, 2.75) is 58.8 Å². The molecule has 6 heteroatoms. The van der Waals surface area contributed by atoms with Crippen molar-refractivity contribution >= 4 is 11.7 Å². The quantitative estimate of drug-likeness (QED) is 0.661. The number of nitrogens with zero attached hydrogens (tertiary/aromatic N) is 3. The smallest absolute Gasteiger partial charge is 0.274 e. The summed E-state index contributed by atoms with van der Waals surface area (Å²) in [6.45, 7) is 3.71. The van der Waals surface area contributed by atoms with Gasteiger partial charge in [-0.2, -0.15) is 5.10 Å². The highest BCUT2D eigenvalue weighted by Gasteiger charge is 2.50. The van der Waals surface area contributed by atoms with Crippen molar-refractivity contribution in [3.05, 3.63) is 16.0 Å².